The van der Waals surface area contributed by atoms with Crippen molar-refractivity contribution in [2.45, 2.75) is 10.6 Å². The van der Waals surface area contributed by atoms with E-state index in [-0.39, 0.29) is 16.4 Å². The zero-order valence-electron chi connectivity index (χ0n) is 19.2. The van der Waals surface area contributed by atoms with E-state index in [2.05, 4.69) is 0 Å². The molecular formula is C25H25ClO7S. The Balaban J connectivity index is 2.08. The topological polar surface area (TPSA) is 91.3 Å². The van der Waals surface area contributed by atoms with Gasteiger partial charge in [0.25, 0.3) is 0 Å². The summed E-state index contributed by atoms with van der Waals surface area (Å²) in [5.41, 5.74) is 1.59. The molecule has 9 heteroatoms. The van der Waals surface area contributed by atoms with Gasteiger partial charge in [-0.3, -0.25) is 0 Å². The monoisotopic (exact) mass is 504 g/mol. The van der Waals surface area contributed by atoms with Crippen LogP contribution in [-0.2, 0) is 15.6 Å². The number of methoxy groups -OCH3 is 4. The molecule has 0 aromatic heterocycles. The van der Waals surface area contributed by atoms with Crippen molar-refractivity contribution < 1.29 is 32.5 Å². The molecule has 0 aliphatic carbocycles. The molecule has 1 N–H and O–H groups in total. The zero-order valence-corrected chi connectivity index (χ0v) is 20.7. The number of sulfone groups is 1. The van der Waals surface area contributed by atoms with Gasteiger partial charge >= 0.3 is 0 Å². The standard InChI is InChI=1S/C25H25ClO7S/c1-30-22-12-16(13-23(31-2)25(22)33-4)8-9-17-10-11-21(27)24(32-3)20(17)15-34(28,29)19-7-5-6-18(26)14-19/h5-14,27H,15H2,1-4H3/b9-8-. The lowest BCUT2D eigenvalue weighted by atomic mass is 10.0. The summed E-state index contributed by atoms with van der Waals surface area (Å²) >= 11 is 5.99. The highest BCUT2D eigenvalue weighted by atomic mass is 35.5. The van der Waals surface area contributed by atoms with E-state index in [1.54, 1.807) is 42.5 Å². The first kappa shape index (κ1) is 25.3. The van der Waals surface area contributed by atoms with E-state index in [0.29, 0.717) is 33.4 Å². The van der Waals surface area contributed by atoms with Gasteiger partial charge in [-0.05, 0) is 47.5 Å². The molecule has 0 amide bonds. The van der Waals surface area contributed by atoms with Gasteiger partial charge in [0.2, 0.25) is 5.75 Å². The number of hydrogen-bond donors (Lipinski definition) is 1. The predicted molar refractivity (Wildman–Crippen MR) is 132 cm³/mol. The Morgan fingerprint density at radius 2 is 1.50 bits per heavy atom. The Hall–Kier alpha value is -3.36. The minimum absolute atomic E-state index is 0.0740. The first-order valence-electron chi connectivity index (χ1n) is 10.1. The predicted octanol–water partition coefficient (Wildman–Crippen LogP) is 5.22. The fraction of sp³-hybridized carbons (Fsp3) is 0.200. The largest absolute Gasteiger partial charge is 0.504 e. The Kier molecular flexibility index (Phi) is 7.96. The molecule has 0 radical (unpaired) electrons. The molecule has 3 aromatic carbocycles. The number of rotatable bonds is 9. The number of ether oxygens (including phenoxy) is 4. The van der Waals surface area contributed by atoms with Crippen LogP contribution in [0, 0.1) is 0 Å². The number of aromatic hydroxyl groups is 1. The van der Waals surface area contributed by atoms with Crippen molar-refractivity contribution in [1.29, 1.82) is 0 Å². The van der Waals surface area contributed by atoms with Crippen molar-refractivity contribution >= 4 is 33.6 Å². The van der Waals surface area contributed by atoms with Crippen LogP contribution < -0.4 is 18.9 Å². The highest BCUT2D eigenvalue weighted by Crippen LogP contribution is 2.39. The van der Waals surface area contributed by atoms with Crippen LogP contribution in [-0.4, -0.2) is 42.0 Å². The third kappa shape index (κ3) is 5.40. The van der Waals surface area contributed by atoms with Crippen LogP contribution >= 0.6 is 11.6 Å². The average molecular weight is 505 g/mol. The fourth-order valence-corrected chi connectivity index (χ4v) is 5.17. The fourth-order valence-electron chi connectivity index (χ4n) is 3.48. The van der Waals surface area contributed by atoms with Crippen molar-refractivity contribution in [3.63, 3.8) is 0 Å². The molecule has 0 fully saturated rings. The van der Waals surface area contributed by atoms with Gasteiger partial charge in [0.15, 0.2) is 32.8 Å². The maximum absolute atomic E-state index is 13.1. The second kappa shape index (κ2) is 10.7. The van der Waals surface area contributed by atoms with Gasteiger partial charge in [0.1, 0.15) is 0 Å². The molecule has 0 aliphatic heterocycles. The maximum Gasteiger partial charge on any atom is 0.203 e. The molecule has 0 aliphatic rings. The first-order valence-corrected chi connectivity index (χ1v) is 12.1. The van der Waals surface area contributed by atoms with Gasteiger partial charge in [-0.1, -0.05) is 35.9 Å². The molecule has 0 unspecified atom stereocenters. The van der Waals surface area contributed by atoms with Crippen molar-refractivity contribution in [2.24, 2.45) is 0 Å². The van der Waals surface area contributed by atoms with Gasteiger partial charge in [-0.25, -0.2) is 8.42 Å². The number of hydrogen-bond acceptors (Lipinski definition) is 7. The minimum atomic E-state index is -3.79. The van der Waals surface area contributed by atoms with Crippen LogP contribution in [0.1, 0.15) is 16.7 Å². The van der Waals surface area contributed by atoms with E-state index >= 15 is 0 Å². The lowest BCUT2D eigenvalue weighted by molar-refractivity contribution is 0.324. The summed E-state index contributed by atoms with van der Waals surface area (Å²) in [5.74, 6) is 0.935. The third-order valence-corrected chi connectivity index (χ3v) is 6.99. The highest BCUT2D eigenvalue weighted by Gasteiger charge is 2.22. The molecule has 3 rings (SSSR count). The number of benzene rings is 3. The molecule has 0 bridgehead atoms. The van der Waals surface area contributed by atoms with Gasteiger partial charge in [0.05, 0.1) is 39.1 Å². The Morgan fingerprint density at radius 1 is 0.853 bits per heavy atom. The second-order valence-electron chi connectivity index (χ2n) is 7.19. The molecule has 0 atom stereocenters. The number of phenolic OH excluding ortho intramolecular Hbond substituents is 1. The van der Waals surface area contributed by atoms with Crippen molar-refractivity contribution in [3.8, 4) is 28.7 Å². The lowest BCUT2D eigenvalue weighted by Gasteiger charge is -2.15. The molecule has 0 heterocycles. The normalized spacial score (nSPS) is 11.4. The summed E-state index contributed by atoms with van der Waals surface area (Å²) < 4.78 is 47.7. The smallest absolute Gasteiger partial charge is 0.203 e. The van der Waals surface area contributed by atoms with Crippen LogP contribution in [0.4, 0.5) is 0 Å². The lowest BCUT2D eigenvalue weighted by Crippen LogP contribution is -2.08. The number of phenols is 1. The number of halogens is 1. The van der Waals surface area contributed by atoms with Crippen molar-refractivity contribution in [1.82, 2.24) is 0 Å². The third-order valence-electron chi connectivity index (χ3n) is 5.11. The Labute approximate surface area is 204 Å². The van der Waals surface area contributed by atoms with Crippen LogP contribution in [0.15, 0.2) is 53.4 Å². The maximum atomic E-state index is 13.1. The molecule has 180 valence electrons. The average Bonchev–Trinajstić information content (AvgIpc) is 2.82. The summed E-state index contributed by atoms with van der Waals surface area (Å²) in [5, 5.41) is 10.6. The first-order chi connectivity index (χ1) is 16.2. The minimum Gasteiger partial charge on any atom is -0.504 e. The summed E-state index contributed by atoms with van der Waals surface area (Å²) in [4.78, 5) is 0.0740. The molecular weight excluding hydrogens is 480 g/mol. The quantitative estimate of drug-likeness (QED) is 0.399. The van der Waals surface area contributed by atoms with Crippen molar-refractivity contribution in [3.05, 3.63) is 70.2 Å². The van der Waals surface area contributed by atoms with Crippen LogP contribution in [0.3, 0.4) is 0 Å². The molecule has 0 spiro atoms. The zero-order chi connectivity index (χ0) is 24.9. The summed E-state index contributed by atoms with van der Waals surface area (Å²) in [6.07, 6.45) is 3.50. The highest BCUT2D eigenvalue weighted by molar-refractivity contribution is 7.90. The SMILES string of the molecule is COc1cc(/C=C\c2ccc(O)c(OC)c2CS(=O)(=O)c2cccc(Cl)c2)cc(OC)c1OC. The Bertz CT molecular complexity index is 1290. The van der Waals surface area contributed by atoms with Gasteiger partial charge in [0, 0.05) is 10.6 Å². The van der Waals surface area contributed by atoms with E-state index in [0.717, 1.165) is 5.56 Å². The van der Waals surface area contributed by atoms with E-state index in [1.165, 1.54) is 46.6 Å². The van der Waals surface area contributed by atoms with Crippen LogP contribution in [0.2, 0.25) is 5.02 Å². The Morgan fingerprint density at radius 3 is 2.06 bits per heavy atom. The van der Waals surface area contributed by atoms with Gasteiger partial charge in [-0.15, -0.1) is 0 Å². The van der Waals surface area contributed by atoms with Gasteiger partial charge in [-0.2, -0.15) is 0 Å². The molecule has 0 saturated carbocycles. The van der Waals surface area contributed by atoms with Crippen LogP contribution in [0.5, 0.6) is 28.7 Å². The van der Waals surface area contributed by atoms with Gasteiger partial charge < -0.3 is 24.1 Å². The molecule has 0 saturated heterocycles. The molecule has 3 aromatic rings. The summed E-state index contributed by atoms with van der Waals surface area (Å²) in [7, 11) is 2.15. The summed E-state index contributed by atoms with van der Waals surface area (Å²) in [6, 6.07) is 12.6. The van der Waals surface area contributed by atoms with Crippen LogP contribution in [0.25, 0.3) is 12.2 Å². The van der Waals surface area contributed by atoms with E-state index in [9.17, 15) is 13.5 Å². The molecule has 7 nitrogen and oxygen atoms in total. The van der Waals surface area contributed by atoms with E-state index < -0.39 is 15.6 Å². The van der Waals surface area contributed by atoms with Crippen molar-refractivity contribution in [2.75, 3.05) is 28.4 Å². The van der Waals surface area contributed by atoms with E-state index in [1.807, 2.05) is 0 Å². The summed E-state index contributed by atoms with van der Waals surface area (Å²) in [6.45, 7) is 0. The molecule has 34 heavy (non-hydrogen) atoms. The van der Waals surface area contributed by atoms with E-state index in [4.69, 9.17) is 30.5 Å². The second-order valence-corrected chi connectivity index (χ2v) is 9.62.